The van der Waals surface area contributed by atoms with Crippen molar-refractivity contribution in [2.24, 2.45) is 0 Å². The highest BCUT2D eigenvalue weighted by molar-refractivity contribution is 8.24. The molecule has 0 saturated carbocycles. The van der Waals surface area contributed by atoms with E-state index in [0.29, 0.717) is 17.1 Å². The Balaban J connectivity index is 2.65. The van der Waals surface area contributed by atoms with Crippen molar-refractivity contribution in [1.82, 2.24) is 0 Å². The van der Waals surface area contributed by atoms with Crippen LogP contribution in [-0.2, 0) is 9.53 Å². The molecule has 3 nitrogen and oxygen atoms in total. The van der Waals surface area contributed by atoms with Gasteiger partial charge in [0.05, 0.1) is 16.9 Å². The topological polar surface area (TPSA) is 50.1 Å². The summed E-state index contributed by atoms with van der Waals surface area (Å²) in [6, 6.07) is 11.8. The molecule has 1 rings (SSSR count). The van der Waals surface area contributed by atoms with Gasteiger partial charge in [0.1, 0.15) is 4.75 Å². The van der Waals surface area contributed by atoms with Crippen LogP contribution in [0.1, 0.15) is 18.9 Å². The Bertz CT molecular complexity index is 456. The van der Waals surface area contributed by atoms with Gasteiger partial charge < -0.3 is 4.74 Å². The van der Waals surface area contributed by atoms with E-state index < -0.39 is 4.75 Å². The summed E-state index contributed by atoms with van der Waals surface area (Å²) in [6.45, 7) is 2.40. The van der Waals surface area contributed by atoms with E-state index in [0.717, 1.165) is 5.56 Å². The maximum atomic E-state index is 10.1. The quantitative estimate of drug-likeness (QED) is 0.455. The van der Waals surface area contributed by atoms with Crippen LogP contribution in [0.2, 0.25) is 0 Å². The average Bonchev–Trinajstić information content (AvgIpc) is 2.40. The number of rotatable bonds is 6. The molecule has 0 bridgehead atoms. The zero-order valence-electron chi connectivity index (χ0n) is 9.96. The molecule has 0 amide bonds. The molecule has 1 unspecified atom stereocenters. The highest BCUT2D eigenvalue weighted by Gasteiger charge is 2.27. The number of thiocarbonyl (C=S) groups is 1. The third-order valence-electron chi connectivity index (χ3n) is 2.33. The number of hydrogen-bond acceptors (Lipinski definition) is 5. The maximum absolute atomic E-state index is 10.1. The van der Waals surface area contributed by atoms with Crippen LogP contribution < -0.4 is 0 Å². The minimum absolute atomic E-state index is 0.220. The van der Waals surface area contributed by atoms with Crippen molar-refractivity contribution in [3.63, 3.8) is 0 Å². The molecule has 0 spiro atoms. The summed E-state index contributed by atoms with van der Waals surface area (Å²) < 4.78 is 4.62. The normalized spacial score (nSPS) is 13.1. The van der Waals surface area contributed by atoms with E-state index in [2.05, 4.69) is 10.8 Å². The number of benzene rings is 1. The van der Waals surface area contributed by atoms with Gasteiger partial charge in [0.2, 0.25) is 0 Å². The molecular weight excluding hydrogens is 266 g/mol. The number of nitrogens with zero attached hydrogens (tertiary/aromatic N) is 1. The summed E-state index contributed by atoms with van der Waals surface area (Å²) in [5.74, 6) is 0. The first-order valence-electron chi connectivity index (χ1n) is 5.36. The molecule has 0 radical (unpaired) electrons. The van der Waals surface area contributed by atoms with Gasteiger partial charge in [0, 0.05) is 6.42 Å². The Morgan fingerprint density at radius 1 is 1.56 bits per heavy atom. The predicted octanol–water partition coefficient (Wildman–Crippen LogP) is 2.94. The van der Waals surface area contributed by atoms with Crippen molar-refractivity contribution >= 4 is 34.6 Å². The number of nitriles is 1. The minimum Gasteiger partial charge on any atom is -0.468 e. The molecule has 0 fully saturated rings. The molecule has 0 aliphatic carbocycles. The standard InChI is InChI=1S/C13H13NO2S2/c1-13(9-14,7-8-16-10-15)18-12(17)11-5-3-2-4-6-11/h2-6,10H,7-8H2,1H3. The van der Waals surface area contributed by atoms with Crippen LogP contribution in [0.4, 0.5) is 0 Å². The number of carbonyl (C=O) groups is 1. The first-order valence-corrected chi connectivity index (χ1v) is 6.59. The Hall–Kier alpha value is -1.38. The van der Waals surface area contributed by atoms with Gasteiger partial charge >= 0.3 is 0 Å². The van der Waals surface area contributed by atoms with Crippen LogP contribution >= 0.6 is 24.0 Å². The van der Waals surface area contributed by atoms with Crippen molar-refractivity contribution in [3.05, 3.63) is 35.9 Å². The van der Waals surface area contributed by atoms with Gasteiger partial charge in [-0.05, 0) is 12.5 Å². The number of thioether (sulfide) groups is 1. The van der Waals surface area contributed by atoms with Gasteiger partial charge in [-0.3, -0.25) is 4.79 Å². The van der Waals surface area contributed by atoms with Crippen LogP contribution in [0.3, 0.4) is 0 Å². The first kappa shape index (κ1) is 14.7. The molecule has 1 aromatic carbocycles. The Morgan fingerprint density at radius 2 is 2.22 bits per heavy atom. The minimum atomic E-state index is -0.685. The van der Waals surface area contributed by atoms with Crippen LogP contribution in [0.15, 0.2) is 30.3 Å². The van der Waals surface area contributed by atoms with Crippen molar-refractivity contribution in [1.29, 1.82) is 5.26 Å². The van der Waals surface area contributed by atoms with Gasteiger partial charge in [-0.25, -0.2) is 0 Å². The highest BCUT2D eigenvalue weighted by Crippen LogP contribution is 2.31. The van der Waals surface area contributed by atoms with E-state index in [9.17, 15) is 10.1 Å². The highest BCUT2D eigenvalue weighted by atomic mass is 32.2. The second-order valence-electron chi connectivity index (χ2n) is 3.82. The van der Waals surface area contributed by atoms with Crippen LogP contribution in [0.25, 0.3) is 0 Å². The lowest BCUT2D eigenvalue weighted by atomic mass is 10.1. The second kappa shape index (κ2) is 7.14. The molecular formula is C13H13NO2S2. The van der Waals surface area contributed by atoms with E-state index in [1.54, 1.807) is 6.92 Å². The largest absolute Gasteiger partial charge is 0.468 e. The number of carbonyl (C=O) groups excluding carboxylic acids is 1. The zero-order chi connectivity index (χ0) is 13.4. The molecule has 0 N–H and O–H groups in total. The molecule has 1 aromatic rings. The fourth-order valence-electron chi connectivity index (χ4n) is 1.27. The summed E-state index contributed by atoms with van der Waals surface area (Å²) in [5.41, 5.74) is 0.926. The van der Waals surface area contributed by atoms with Crippen molar-refractivity contribution in [2.75, 3.05) is 6.61 Å². The van der Waals surface area contributed by atoms with E-state index in [1.165, 1.54) is 11.8 Å². The number of ether oxygens (including phenoxy) is 1. The van der Waals surface area contributed by atoms with Crippen molar-refractivity contribution < 1.29 is 9.53 Å². The van der Waals surface area contributed by atoms with E-state index >= 15 is 0 Å². The SMILES string of the molecule is CC(C#N)(CCOC=O)SC(=S)c1ccccc1. The molecule has 5 heteroatoms. The third kappa shape index (κ3) is 4.47. The summed E-state index contributed by atoms with van der Waals surface area (Å²) in [5, 5.41) is 9.21. The Morgan fingerprint density at radius 3 is 2.78 bits per heavy atom. The zero-order valence-corrected chi connectivity index (χ0v) is 11.6. The van der Waals surface area contributed by atoms with Crippen molar-refractivity contribution in [3.8, 4) is 6.07 Å². The summed E-state index contributed by atoms with van der Waals surface area (Å²) in [6.07, 6.45) is 0.444. The summed E-state index contributed by atoms with van der Waals surface area (Å²) >= 11 is 6.64. The third-order valence-corrected chi connectivity index (χ3v) is 3.98. The predicted molar refractivity (Wildman–Crippen MR) is 76.4 cm³/mol. The molecule has 0 aliphatic rings. The van der Waals surface area contributed by atoms with Crippen LogP contribution in [0, 0.1) is 11.3 Å². The van der Waals surface area contributed by atoms with Crippen LogP contribution in [-0.4, -0.2) is 22.0 Å². The van der Waals surface area contributed by atoms with Gasteiger partial charge in [-0.2, -0.15) is 5.26 Å². The fraction of sp³-hybridized carbons (Fsp3) is 0.308. The lowest BCUT2D eigenvalue weighted by Gasteiger charge is -2.20. The first-order chi connectivity index (χ1) is 8.61. The average molecular weight is 279 g/mol. The van der Waals surface area contributed by atoms with E-state index in [1.807, 2.05) is 30.3 Å². The van der Waals surface area contributed by atoms with Gasteiger partial charge in [-0.15, -0.1) is 0 Å². The van der Waals surface area contributed by atoms with Crippen molar-refractivity contribution in [2.45, 2.75) is 18.1 Å². The van der Waals surface area contributed by atoms with Gasteiger partial charge in [0.15, 0.2) is 0 Å². The fourth-order valence-corrected chi connectivity index (χ4v) is 2.85. The summed E-state index contributed by atoms with van der Waals surface area (Å²) in [7, 11) is 0. The molecule has 18 heavy (non-hydrogen) atoms. The van der Waals surface area contributed by atoms with E-state index in [4.69, 9.17) is 12.2 Å². The maximum Gasteiger partial charge on any atom is 0.293 e. The van der Waals surface area contributed by atoms with Gasteiger partial charge in [0.25, 0.3) is 6.47 Å². The second-order valence-corrected chi connectivity index (χ2v) is 6.00. The Kier molecular flexibility index (Phi) is 5.83. The molecule has 0 aromatic heterocycles. The molecule has 0 saturated heterocycles. The lowest BCUT2D eigenvalue weighted by Crippen LogP contribution is -2.22. The lowest BCUT2D eigenvalue weighted by molar-refractivity contribution is -0.128. The van der Waals surface area contributed by atoms with Crippen LogP contribution in [0.5, 0.6) is 0 Å². The monoisotopic (exact) mass is 279 g/mol. The molecule has 94 valence electrons. The Labute approximate surface area is 116 Å². The molecule has 1 atom stereocenters. The van der Waals surface area contributed by atoms with Gasteiger partial charge in [-0.1, -0.05) is 54.3 Å². The number of hydrogen-bond donors (Lipinski definition) is 0. The smallest absolute Gasteiger partial charge is 0.293 e. The molecule has 0 heterocycles. The summed E-state index contributed by atoms with van der Waals surface area (Å²) in [4.78, 5) is 10.1. The molecule has 0 aliphatic heterocycles. The van der Waals surface area contributed by atoms with E-state index in [-0.39, 0.29) is 6.61 Å².